The Kier molecular flexibility index (Phi) is 8.96. The topological polar surface area (TPSA) is 48.3 Å². The van der Waals surface area contributed by atoms with E-state index in [2.05, 4.69) is 29.0 Å². The molecule has 1 heterocycles. The molecule has 1 aromatic carbocycles. The Morgan fingerprint density at radius 3 is 2.83 bits per heavy atom. The predicted octanol–water partition coefficient (Wildman–Crippen LogP) is 4.00. The van der Waals surface area contributed by atoms with Crippen molar-refractivity contribution in [3.05, 3.63) is 28.8 Å². The number of rotatable bonds is 8. The summed E-state index contributed by atoms with van der Waals surface area (Å²) in [5.74, 6) is 0.374. The highest BCUT2D eigenvalue weighted by molar-refractivity contribution is 5.84. The Morgan fingerprint density at radius 1 is 1.17 bits per heavy atom. The van der Waals surface area contributed by atoms with E-state index in [0.717, 1.165) is 63.5 Å². The predicted molar refractivity (Wildman–Crippen MR) is 120 cm³/mol. The molecule has 1 saturated carbocycles. The Bertz CT molecular complexity index is 648. The van der Waals surface area contributed by atoms with Crippen LogP contribution in [0.3, 0.4) is 0 Å². The van der Waals surface area contributed by atoms with E-state index in [1.807, 2.05) is 13.1 Å². The first-order chi connectivity index (χ1) is 14.1. The molecule has 0 aromatic heterocycles. The van der Waals surface area contributed by atoms with E-state index in [0.29, 0.717) is 11.8 Å². The second-order valence-corrected chi connectivity index (χ2v) is 8.82. The summed E-state index contributed by atoms with van der Waals surface area (Å²) in [5.41, 5.74) is 3.05. The number of phenolic OH excluding ortho intramolecular Hbond substituents is 1. The molecule has 2 aliphatic rings. The van der Waals surface area contributed by atoms with Gasteiger partial charge in [0.15, 0.2) is 0 Å². The van der Waals surface area contributed by atoms with Gasteiger partial charge >= 0.3 is 0 Å². The summed E-state index contributed by atoms with van der Waals surface area (Å²) in [6.45, 7) is 9.09. The van der Waals surface area contributed by atoms with Crippen LogP contribution in [0.15, 0.2) is 17.1 Å². The van der Waals surface area contributed by atoms with E-state index in [-0.39, 0.29) is 0 Å². The minimum absolute atomic E-state index is 0.374. The first-order valence-corrected chi connectivity index (χ1v) is 11.5. The van der Waals surface area contributed by atoms with Gasteiger partial charge in [0.1, 0.15) is 5.75 Å². The van der Waals surface area contributed by atoms with E-state index in [1.165, 1.54) is 44.1 Å². The van der Waals surface area contributed by atoms with Gasteiger partial charge in [0, 0.05) is 44.1 Å². The highest BCUT2D eigenvalue weighted by Gasteiger charge is 2.13. The zero-order valence-electron chi connectivity index (χ0n) is 18.4. The Labute approximate surface area is 176 Å². The lowest BCUT2D eigenvalue weighted by atomic mass is 9.96. The van der Waals surface area contributed by atoms with Crippen LogP contribution in [0, 0.1) is 6.92 Å². The van der Waals surface area contributed by atoms with E-state index >= 15 is 0 Å². The standard InChI is InChI=1S/C24H39N3O2/c1-20-16-21(17-22(24(20)28)18-25-23-8-4-3-5-9-23)19-26(2)10-6-11-27-12-7-14-29-15-13-27/h16-18,23,28H,3-15,19H2,1-2H3. The Hall–Kier alpha value is -1.43. The number of hydrogen-bond donors (Lipinski definition) is 1. The fourth-order valence-electron chi connectivity index (χ4n) is 4.47. The maximum Gasteiger partial charge on any atom is 0.127 e. The lowest BCUT2D eigenvalue weighted by Gasteiger charge is -2.22. The Morgan fingerprint density at radius 2 is 2.00 bits per heavy atom. The number of aromatic hydroxyl groups is 1. The van der Waals surface area contributed by atoms with Gasteiger partial charge in [-0.15, -0.1) is 0 Å². The highest BCUT2D eigenvalue weighted by atomic mass is 16.5. The molecule has 0 unspecified atom stereocenters. The van der Waals surface area contributed by atoms with E-state index in [9.17, 15) is 5.11 Å². The largest absolute Gasteiger partial charge is 0.507 e. The maximum atomic E-state index is 10.5. The third-order valence-corrected chi connectivity index (χ3v) is 6.17. The Balaban J connectivity index is 1.51. The number of aryl methyl sites for hydroxylation is 1. The van der Waals surface area contributed by atoms with Gasteiger partial charge in [-0.1, -0.05) is 25.3 Å². The highest BCUT2D eigenvalue weighted by Crippen LogP contribution is 2.25. The van der Waals surface area contributed by atoms with Gasteiger partial charge in [0.25, 0.3) is 0 Å². The molecule has 162 valence electrons. The number of hydrogen-bond acceptors (Lipinski definition) is 5. The molecule has 0 atom stereocenters. The van der Waals surface area contributed by atoms with Crippen molar-refractivity contribution in [1.82, 2.24) is 9.80 Å². The average molecular weight is 402 g/mol. The minimum Gasteiger partial charge on any atom is -0.507 e. The summed E-state index contributed by atoms with van der Waals surface area (Å²) in [4.78, 5) is 9.67. The van der Waals surface area contributed by atoms with Crippen molar-refractivity contribution in [3.63, 3.8) is 0 Å². The third-order valence-electron chi connectivity index (χ3n) is 6.17. The van der Waals surface area contributed by atoms with Gasteiger partial charge < -0.3 is 19.6 Å². The van der Waals surface area contributed by atoms with Gasteiger partial charge in [-0.3, -0.25) is 4.99 Å². The van der Waals surface area contributed by atoms with Crippen molar-refractivity contribution < 1.29 is 9.84 Å². The molecule has 0 amide bonds. The molecule has 1 N–H and O–H groups in total. The van der Waals surface area contributed by atoms with Crippen LogP contribution < -0.4 is 0 Å². The van der Waals surface area contributed by atoms with Gasteiger partial charge in [0.2, 0.25) is 0 Å². The summed E-state index contributed by atoms with van der Waals surface area (Å²) in [6.07, 6.45) is 10.5. The van der Waals surface area contributed by atoms with Crippen LogP contribution in [0.4, 0.5) is 0 Å². The zero-order valence-corrected chi connectivity index (χ0v) is 18.4. The molecular formula is C24H39N3O2. The summed E-state index contributed by atoms with van der Waals surface area (Å²) < 4.78 is 5.54. The second kappa shape index (κ2) is 11.7. The van der Waals surface area contributed by atoms with Crippen LogP contribution >= 0.6 is 0 Å². The van der Waals surface area contributed by atoms with Crippen molar-refractivity contribution in [2.45, 2.75) is 64.5 Å². The number of ether oxygens (including phenoxy) is 1. The molecule has 2 fully saturated rings. The fourth-order valence-corrected chi connectivity index (χ4v) is 4.47. The van der Waals surface area contributed by atoms with Crippen LogP contribution in [0.25, 0.3) is 0 Å². The van der Waals surface area contributed by atoms with Gasteiger partial charge in [-0.05, 0) is 69.9 Å². The van der Waals surface area contributed by atoms with Crippen LogP contribution in [0.5, 0.6) is 5.75 Å². The average Bonchev–Trinajstić information content (AvgIpc) is 2.99. The van der Waals surface area contributed by atoms with Crippen molar-refractivity contribution >= 4 is 6.21 Å². The van der Waals surface area contributed by atoms with Crippen molar-refractivity contribution in [2.75, 3.05) is 46.4 Å². The van der Waals surface area contributed by atoms with Crippen molar-refractivity contribution in [3.8, 4) is 5.75 Å². The third kappa shape index (κ3) is 7.40. The smallest absolute Gasteiger partial charge is 0.127 e. The van der Waals surface area contributed by atoms with Crippen LogP contribution in [0.2, 0.25) is 0 Å². The van der Waals surface area contributed by atoms with Gasteiger partial charge in [-0.2, -0.15) is 0 Å². The molecule has 0 radical (unpaired) electrons. The molecule has 1 aliphatic carbocycles. The molecule has 29 heavy (non-hydrogen) atoms. The normalized spacial score (nSPS) is 19.8. The second-order valence-electron chi connectivity index (χ2n) is 8.82. The number of aliphatic imine (C=N–C) groups is 1. The maximum absolute atomic E-state index is 10.5. The van der Waals surface area contributed by atoms with Gasteiger partial charge in [-0.25, -0.2) is 0 Å². The van der Waals surface area contributed by atoms with Crippen LogP contribution in [0.1, 0.15) is 61.6 Å². The zero-order chi connectivity index (χ0) is 20.5. The lowest BCUT2D eigenvalue weighted by molar-refractivity contribution is 0.140. The van der Waals surface area contributed by atoms with Crippen LogP contribution in [-0.2, 0) is 11.3 Å². The number of benzene rings is 1. The molecule has 5 heteroatoms. The summed E-state index contributed by atoms with van der Waals surface area (Å²) in [6, 6.07) is 4.65. The van der Waals surface area contributed by atoms with Crippen molar-refractivity contribution in [1.29, 1.82) is 0 Å². The van der Waals surface area contributed by atoms with E-state index in [4.69, 9.17) is 9.73 Å². The van der Waals surface area contributed by atoms with Gasteiger partial charge in [0.05, 0.1) is 6.61 Å². The SMILES string of the molecule is Cc1cc(CN(C)CCCN2CCCOCC2)cc(C=NC2CCCCC2)c1O. The number of phenols is 1. The molecule has 1 aromatic rings. The lowest BCUT2D eigenvalue weighted by Crippen LogP contribution is -2.30. The summed E-state index contributed by atoms with van der Waals surface area (Å²) in [7, 11) is 2.18. The van der Waals surface area contributed by atoms with Crippen molar-refractivity contribution in [2.24, 2.45) is 4.99 Å². The molecule has 0 bridgehead atoms. The quantitative estimate of drug-likeness (QED) is 0.669. The summed E-state index contributed by atoms with van der Waals surface area (Å²) >= 11 is 0. The fraction of sp³-hybridized carbons (Fsp3) is 0.708. The van der Waals surface area contributed by atoms with Crippen LogP contribution in [-0.4, -0.2) is 73.6 Å². The molecule has 1 aliphatic heterocycles. The molecule has 5 nitrogen and oxygen atoms in total. The molecular weight excluding hydrogens is 362 g/mol. The first kappa shape index (κ1) is 22.3. The first-order valence-electron chi connectivity index (χ1n) is 11.5. The molecule has 0 spiro atoms. The molecule has 3 rings (SSSR count). The monoisotopic (exact) mass is 401 g/mol. The van der Waals surface area contributed by atoms with E-state index in [1.54, 1.807) is 0 Å². The minimum atomic E-state index is 0.374. The van der Waals surface area contributed by atoms with E-state index < -0.39 is 0 Å². The summed E-state index contributed by atoms with van der Waals surface area (Å²) in [5, 5.41) is 10.5. The number of nitrogens with zero attached hydrogens (tertiary/aromatic N) is 3. The molecule has 1 saturated heterocycles.